The van der Waals surface area contributed by atoms with E-state index >= 15 is 4.79 Å². The predicted octanol–water partition coefficient (Wildman–Crippen LogP) is 7.34. The molecule has 2 aliphatic heterocycles. The molecule has 4 amide bonds. The summed E-state index contributed by atoms with van der Waals surface area (Å²) in [5.74, 6) is -6.49. The Balaban J connectivity index is 1.34. The number of anilines is 2. The Morgan fingerprint density at radius 3 is 2.31 bits per heavy atom. The first-order chi connectivity index (χ1) is 24.9. The second kappa shape index (κ2) is 12.5. The molecule has 0 spiro atoms. The molecule has 9 nitrogen and oxygen atoms in total. The molecule has 52 heavy (non-hydrogen) atoms. The summed E-state index contributed by atoms with van der Waals surface area (Å²) in [6.45, 7) is 1.83. The van der Waals surface area contributed by atoms with Crippen LogP contribution in [0.15, 0.2) is 96.6 Å². The number of aromatic hydroxyl groups is 1. The summed E-state index contributed by atoms with van der Waals surface area (Å²) in [6.07, 6.45) is 2.14. The van der Waals surface area contributed by atoms with E-state index in [2.05, 4.69) is 5.43 Å². The Labute approximate surface area is 308 Å². The van der Waals surface area contributed by atoms with Gasteiger partial charge in [0.25, 0.3) is 11.8 Å². The third-order valence-electron chi connectivity index (χ3n) is 11.2. The van der Waals surface area contributed by atoms with Crippen LogP contribution in [0.4, 0.5) is 15.8 Å². The van der Waals surface area contributed by atoms with Crippen molar-refractivity contribution in [1.29, 1.82) is 0 Å². The molecule has 264 valence electrons. The van der Waals surface area contributed by atoms with Gasteiger partial charge in [0, 0.05) is 21.5 Å². The number of nitrogens with one attached hydrogen (secondary N) is 1. The van der Waals surface area contributed by atoms with E-state index in [4.69, 9.17) is 27.9 Å². The number of hydrogen-bond acceptors (Lipinski definition) is 7. The van der Waals surface area contributed by atoms with Crippen molar-refractivity contribution in [3.8, 4) is 11.5 Å². The van der Waals surface area contributed by atoms with Gasteiger partial charge in [0.05, 0.1) is 41.7 Å². The van der Waals surface area contributed by atoms with E-state index in [-0.39, 0.29) is 24.5 Å². The van der Waals surface area contributed by atoms with Crippen LogP contribution in [0.2, 0.25) is 10.0 Å². The minimum atomic E-state index is -1.65. The van der Waals surface area contributed by atoms with Gasteiger partial charge in [0.1, 0.15) is 17.3 Å². The Bertz CT molecular complexity index is 2210. The van der Waals surface area contributed by atoms with Crippen molar-refractivity contribution in [3.63, 3.8) is 0 Å². The second-order valence-electron chi connectivity index (χ2n) is 13.7. The van der Waals surface area contributed by atoms with Crippen molar-refractivity contribution in [2.75, 3.05) is 17.4 Å². The maximum Gasteiger partial charge on any atom is 0.260 e. The van der Waals surface area contributed by atoms with Crippen molar-refractivity contribution in [3.05, 3.63) is 129 Å². The number of aryl methyl sites for hydroxylation is 1. The van der Waals surface area contributed by atoms with Gasteiger partial charge in [-0.05, 0) is 104 Å². The Morgan fingerprint density at radius 2 is 1.62 bits per heavy atom. The van der Waals surface area contributed by atoms with Crippen LogP contribution in [-0.4, -0.2) is 40.9 Å². The molecule has 0 bridgehead atoms. The van der Waals surface area contributed by atoms with Gasteiger partial charge < -0.3 is 9.84 Å². The first-order valence-corrected chi connectivity index (χ1v) is 17.6. The average molecular weight is 741 g/mol. The number of phenols is 1. The number of nitrogens with zero attached hydrogens (tertiary/aromatic N) is 2. The third-order valence-corrected chi connectivity index (χ3v) is 11.9. The summed E-state index contributed by atoms with van der Waals surface area (Å²) >= 11 is 12.8. The van der Waals surface area contributed by atoms with Gasteiger partial charge in [-0.25, -0.2) is 9.29 Å². The minimum Gasteiger partial charge on any atom is -0.508 e. The highest BCUT2D eigenvalue weighted by molar-refractivity contribution is 6.32. The first-order valence-electron chi connectivity index (χ1n) is 16.8. The monoisotopic (exact) mass is 739 g/mol. The number of amides is 4. The zero-order valence-electron chi connectivity index (χ0n) is 28.0. The molecular weight excluding hydrogens is 708 g/mol. The Hall–Kier alpha value is -5.19. The van der Waals surface area contributed by atoms with Crippen LogP contribution in [0.5, 0.6) is 11.5 Å². The molecule has 6 atom stereocenters. The number of ether oxygens (including phenoxy) is 1. The molecule has 2 saturated heterocycles. The number of halogens is 3. The SMILES string of the molecule is COc1ccc(O)c([C@H]2C3=CC[C@@H]4C(=O)N(c5ccc(C)c(Cl)c5)C(=O)[C@@H]4[C@@H]3C[C@H]3C(=O)N(Nc4ccc(F)cc4)C(=O)[C@@]23c2ccc(Cl)cc2)c1. The molecule has 4 aromatic carbocycles. The fourth-order valence-corrected chi connectivity index (χ4v) is 9.17. The number of imide groups is 2. The summed E-state index contributed by atoms with van der Waals surface area (Å²) in [5.41, 5.74) is 4.16. The first kappa shape index (κ1) is 33.9. The lowest BCUT2D eigenvalue weighted by Gasteiger charge is -2.50. The number of phenolic OH excluding ortho intramolecular Hbond substituents is 1. The van der Waals surface area contributed by atoms with E-state index in [1.165, 1.54) is 42.3 Å². The number of benzene rings is 4. The van der Waals surface area contributed by atoms with Crippen LogP contribution in [0.25, 0.3) is 0 Å². The number of fused-ring (bicyclic) bond motifs is 4. The summed E-state index contributed by atoms with van der Waals surface area (Å²) in [7, 11) is 1.48. The standard InChI is InChI=1S/C40H32Cl2FN3O6/c1-20-3-12-25(17-32(20)42)45-36(48)28-15-14-27-29(34(28)38(45)50)19-31-37(49)46(44-24-10-8-23(43)9-11-24)39(51)40(31,21-4-6-22(41)7-5-21)35(27)30-18-26(52-2)13-16-33(30)47/h3-14,16-18,28-29,31,34-35,44,47H,15,19H2,1-2H3/t28-,29+,31-,34-,35+,40+/m0/s1. The van der Waals surface area contributed by atoms with Gasteiger partial charge in [-0.3, -0.25) is 24.6 Å². The van der Waals surface area contributed by atoms with Crippen molar-refractivity contribution in [2.24, 2.45) is 23.7 Å². The molecule has 3 fully saturated rings. The second-order valence-corrected chi connectivity index (χ2v) is 14.6. The van der Waals surface area contributed by atoms with Gasteiger partial charge in [0.15, 0.2) is 0 Å². The molecule has 2 heterocycles. The molecule has 0 unspecified atom stereocenters. The molecule has 12 heteroatoms. The summed E-state index contributed by atoms with van der Waals surface area (Å²) < 4.78 is 19.4. The smallest absolute Gasteiger partial charge is 0.260 e. The normalized spacial score (nSPS) is 26.6. The lowest BCUT2D eigenvalue weighted by Crippen LogP contribution is -2.53. The Kier molecular flexibility index (Phi) is 8.15. The van der Waals surface area contributed by atoms with E-state index in [0.717, 1.165) is 10.6 Å². The molecule has 1 saturated carbocycles. The highest BCUT2D eigenvalue weighted by Crippen LogP contribution is 2.65. The third kappa shape index (κ3) is 4.95. The number of hydrazine groups is 1. The van der Waals surface area contributed by atoms with Crippen LogP contribution in [0.3, 0.4) is 0 Å². The number of rotatable bonds is 6. The van der Waals surface area contributed by atoms with Gasteiger partial charge in [-0.1, -0.05) is 53.1 Å². The topological polar surface area (TPSA) is 116 Å². The summed E-state index contributed by atoms with van der Waals surface area (Å²) in [5, 5.41) is 13.4. The number of allylic oxidation sites excluding steroid dienone is 2. The van der Waals surface area contributed by atoms with Crippen LogP contribution >= 0.6 is 23.2 Å². The number of methoxy groups -OCH3 is 1. The molecular formula is C40H32Cl2FN3O6. The number of carbonyl (C=O) groups is 4. The molecule has 2 N–H and O–H groups in total. The molecule has 4 aliphatic rings. The average Bonchev–Trinajstić information content (AvgIpc) is 3.51. The largest absolute Gasteiger partial charge is 0.508 e. The highest BCUT2D eigenvalue weighted by atomic mass is 35.5. The van der Waals surface area contributed by atoms with Crippen molar-refractivity contribution in [1.82, 2.24) is 5.01 Å². The van der Waals surface area contributed by atoms with Crippen molar-refractivity contribution < 1.29 is 33.4 Å². The van der Waals surface area contributed by atoms with Crippen LogP contribution in [0, 0.1) is 36.4 Å². The number of carbonyl (C=O) groups excluding carboxylic acids is 4. The van der Waals surface area contributed by atoms with Gasteiger partial charge in [-0.2, -0.15) is 5.01 Å². The summed E-state index contributed by atoms with van der Waals surface area (Å²) in [6, 6.07) is 21.7. The lowest BCUT2D eigenvalue weighted by atomic mass is 9.49. The maximum absolute atomic E-state index is 15.2. The predicted molar refractivity (Wildman–Crippen MR) is 192 cm³/mol. The van der Waals surface area contributed by atoms with Crippen molar-refractivity contribution >= 4 is 58.2 Å². The van der Waals surface area contributed by atoms with E-state index in [1.807, 2.05) is 13.0 Å². The molecule has 2 aliphatic carbocycles. The fraction of sp³-hybridized carbons (Fsp3) is 0.250. The van der Waals surface area contributed by atoms with Crippen LogP contribution in [-0.2, 0) is 24.6 Å². The molecule has 8 rings (SSSR count). The quantitative estimate of drug-likeness (QED) is 0.157. The molecule has 0 aromatic heterocycles. The molecule has 4 aromatic rings. The van der Waals surface area contributed by atoms with E-state index in [1.54, 1.807) is 54.6 Å². The lowest BCUT2D eigenvalue weighted by molar-refractivity contribution is -0.138. The molecule has 0 radical (unpaired) electrons. The summed E-state index contributed by atoms with van der Waals surface area (Å²) in [4.78, 5) is 59.8. The maximum atomic E-state index is 15.2. The fourth-order valence-electron chi connectivity index (χ4n) is 8.87. The number of hydrogen-bond donors (Lipinski definition) is 2. The van der Waals surface area contributed by atoms with Crippen LogP contribution in [0.1, 0.15) is 35.4 Å². The van der Waals surface area contributed by atoms with Crippen molar-refractivity contribution in [2.45, 2.75) is 31.1 Å². The van der Waals surface area contributed by atoms with Gasteiger partial charge in [-0.15, -0.1) is 0 Å². The van der Waals surface area contributed by atoms with Gasteiger partial charge >= 0.3 is 0 Å². The van der Waals surface area contributed by atoms with E-state index in [0.29, 0.717) is 43.9 Å². The zero-order valence-corrected chi connectivity index (χ0v) is 29.5. The minimum absolute atomic E-state index is 0.0462. The zero-order chi connectivity index (χ0) is 36.6. The highest BCUT2D eigenvalue weighted by Gasteiger charge is 2.70. The van der Waals surface area contributed by atoms with E-state index in [9.17, 15) is 23.9 Å². The van der Waals surface area contributed by atoms with E-state index < -0.39 is 58.5 Å². The van der Waals surface area contributed by atoms with Gasteiger partial charge in [0.2, 0.25) is 11.8 Å². The van der Waals surface area contributed by atoms with Crippen LogP contribution < -0.4 is 15.1 Å². The Morgan fingerprint density at radius 1 is 0.885 bits per heavy atom.